The minimum Gasteiger partial charge on any atom is -0.493 e. The predicted molar refractivity (Wildman–Crippen MR) is 185 cm³/mol. The fraction of sp³-hybridized carbons (Fsp3) is 0.545. The van der Waals surface area contributed by atoms with Crippen LogP contribution in [0.2, 0.25) is 56.4 Å². The lowest BCUT2D eigenvalue weighted by Gasteiger charge is -2.38. The monoisotopic (exact) mass is 661 g/mol. The van der Waals surface area contributed by atoms with Gasteiger partial charge in [0, 0.05) is 29.2 Å². The minimum absolute atomic E-state index is 0.106. The molecule has 0 saturated carbocycles. The second kappa shape index (κ2) is 14.5. The molecule has 0 radical (unpaired) electrons. The van der Waals surface area contributed by atoms with E-state index in [-0.39, 0.29) is 30.4 Å². The molecule has 44 heavy (non-hydrogen) atoms. The Morgan fingerprint density at radius 2 is 1.52 bits per heavy atom. The average molecular weight is 662 g/mol. The molecule has 1 fully saturated rings. The second-order valence-electron chi connectivity index (χ2n) is 14.4. The summed E-state index contributed by atoms with van der Waals surface area (Å²) in [6.45, 7) is 21.5. The molecule has 0 bridgehead atoms. The molecule has 0 atom stereocenters. The zero-order valence-electron chi connectivity index (χ0n) is 27.2. The molecule has 1 saturated heterocycles. The first-order valence-corrected chi connectivity index (χ1v) is 23.4. The zero-order valence-corrected chi connectivity index (χ0v) is 30.0. The van der Waals surface area contributed by atoms with E-state index in [4.69, 9.17) is 25.8 Å². The van der Waals surface area contributed by atoms with Gasteiger partial charge in [-0.25, -0.2) is 9.18 Å². The van der Waals surface area contributed by atoms with Crippen LogP contribution in [0.25, 0.3) is 16.8 Å². The fourth-order valence-electron chi connectivity index (χ4n) is 5.47. The van der Waals surface area contributed by atoms with Gasteiger partial charge >= 0.3 is 5.69 Å². The molecule has 1 aliphatic rings. The first-order chi connectivity index (χ1) is 20.7. The van der Waals surface area contributed by atoms with Crippen LogP contribution in [0.1, 0.15) is 24.0 Å². The maximum atomic E-state index is 13.9. The summed E-state index contributed by atoms with van der Waals surface area (Å²) in [6, 6.07) is 12.3. The Bertz CT molecular complexity index is 1490. The summed E-state index contributed by atoms with van der Waals surface area (Å²) >= 11 is 6.66. The van der Waals surface area contributed by atoms with Crippen LogP contribution >= 0.6 is 11.6 Å². The molecule has 7 nitrogen and oxygen atoms in total. The van der Waals surface area contributed by atoms with Crippen molar-refractivity contribution in [2.24, 2.45) is 0 Å². The molecule has 1 N–H and O–H groups in total. The number of halogens is 2. The molecule has 1 aromatic heterocycles. The van der Waals surface area contributed by atoms with Gasteiger partial charge in [-0.15, -0.1) is 28.2 Å². The van der Waals surface area contributed by atoms with Crippen LogP contribution < -0.4 is 11.0 Å². The van der Waals surface area contributed by atoms with Gasteiger partial charge in [0.1, 0.15) is 25.0 Å². The Labute approximate surface area is 268 Å². The summed E-state index contributed by atoms with van der Waals surface area (Å²) in [4.78, 5) is 13.9. The van der Waals surface area contributed by atoms with Gasteiger partial charge in [0.05, 0.1) is 17.6 Å². The van der Waals surface area contributed by atoms with Crippen molar-refractivity contribution < 1.29 is 18.6 Å². The zero-order chi connectivity index (χ0) is 32.1. The number of piperidine rings is 1. The number of imidazole rings is 1. The number of rotatable bonds is 15. The molecule has 0 spiro atoms. The van der Waals surface area contributed by atoms with Crippen molar-refractivity contribution in [2.75, 3.05) is 32.9 Å². The lowest BCUT2D eigenvalue weighted by atomic mass is 9.74. The summed E-state index contributed by atoms with van der Waals surface area (Å²) in [6.07, 6.45) is 1.69. The van der Waals surface area contributed by atoms with Gasteiger partial charge in [-0.1, -0.05) is 30.3 Å². The number of benzene rings is 2. The van der Waals surface area contributed by atoms with Crippen LogP contribution in [0.5, 0.6) is 0 Å². The van der Waals surface area contributed by atoms with Crippen molar-refractivity contribution >= 4 is 44.5 Å². The standard InChI is InChI=1S/C33H49ClFN3O4Si2/c1-25(42-22-33(12-14-36-15-13-33)26-8-10-28(35)11-9-26)29-20-27(34)21-30-31(29)38(24-41-17-19-44(5,6)7)32(39)37(30)23-40-16-18-43(2,3)4/h8-11,20-21,36H,1,12-19,22-24H2,2-7H3/q-2. The smallest absolute Gasteiger partial charge is 0.332 e. The predicted octanol–water partition coefficient (Wildman–Crippen LogP) is 7.53. The van der Waals surface area contributed by atoms with Gasteiger partial charge in [0.15, 0.2) is 0 Å². The third kappa shape index (κ3) is 8.95. The van der Waals surface area contributed by atoms with Crippen molar-refractivity contribution in [1.29, 1.82) is 0 Å². The molecule has 2 aromatic carbocycles. The van der Waals surface area contributed by atoms with Crippen molar-refractivity contribution in [3.05, 3.63) is 75.4 Å². The van der Waals surface area contributed by atoms with E-state index in [1.807, 2.05) is 12.1 Å². The van der Waals surface area contributed by atoms with Crippen molar-refractivity contribution in [3.8, 4) is 0 Å². The Morgan fingerprint density at radius 3 is 2.09 bits per heavy atom. The number of ether oxygens (including phenoxy) is 3. The van der Waals surface area contributed by atoms with Gasteiger partial charge in [-0.05, 0) is 55.8 Å². The lowest BCUT2D eigenvalue weighted by molar-refractivity contribution is 0.0754. The van der Waals surface area contributed by atoms with Crippen LogP contribution in [0, 0.1) is 5.82 Å². The molecule has 0 aliphatic carbocycles. The number of fused-ring (bicyclic) bond motifs is 1. The molecule has 244 valence electrons. The highest BCUT2D eigenvalue weighted by molar-refractivity contribution is 6.76. The highest BCUT2D eigenvalue weighted by Gasteiger charge is 2.35. The van der Waals surface area contributed by atoms with Crippen molar-refractivity contribution in [1.82, 2.24) is 14.5 Å². The quantitative estimate of drug-likeness (QED) is 0.104. The minimum atomic E-state index is -1.31. The fourth-order valence-corrected chi connectivity index (χ4v) is 7.20. The number of hydrogen-bond acceptors (Lipinski definition) is 5. The molecule has 1 aliphatic heterocycles. The molecule has 3 aromatic rings. The van der Waals surface area contributed by atoms with Crippen molar-refractivity contribution in [2.45, 2.75) is 83.1 Å². The Balaban J connectivity index is 1.66. The summed E-state index contributed by atoms with van der Waals surface area (Å²) in [5.74, 6) is 0.161. The van der Waals surface area contributed by atoms with Crippen LogP contribution in [-0.4, -0.2) is 58.2 Å². The van der Waals surface area contributed by atoms with E-state index < -0.39 is 16.1 Å². The van der Waals surface area contributed by atoms with Crippen LogP contribution in [-0.2, 0) is 33.1 Å². The Hall–Kier alpha value is -2.22. The number of nitrogens with one attached hydrogen (secondary N) is 1. The van der Waals surface area contributed by atoms with Gasteiger partial charge in [0.25, 0.3) is 0 Å². The molecule has 11 heteroatoms. The maximum absolute atomic E-state index is 13.9. The molecule has 0 unspecified atom stereocenters. The molecular weight excluding hydrogens is 613 g/mol. The van der Waals surface area contributed by atoms with Crippen LogP contribution in [0.15, 0.2) is 47.8 Å². The average Bonchev–Trinajstić information content (AvgIpc) is 3.21. The van der Waals surface area contributed by atoms with Gasteiger partial charge in [-0.2, -0.15) is 39.3 Å². The topological polar surface area (TPSA) is 66.7 Å². The number of aromatic nitrogens is 2. The highest BCUT2D eigenvalue weighted by atomic mass is 35.5. The van der Waals surface area contributed by atoms with E-state index in [1.54, 1.807) is 21.3 Å². The molecule has 0 amide bonds. The van der Waals surface area contributed by atoms with E-state index >= 15 is 0 Å². The SMILES string of the molecule is C=C(OCC1(c2ccc(F)cc2)CCNCC1)c1cc(Cl)cc2c1n(COCC[Si-](C)(C)C)c(=O)n2COCC[Si-](C)(C)C. The number of nitrogens with zero attached hydrogens (tertiary/aromatic N) is 2. The van der Waals surface area contributed by atoms with E-state index in [0.29, 0.717) is 47.2 Å². The maximum Gasteiger partial charge on any atom is 0.332 e. The molecular formula is C33H49ClFN3O4Si2-2. The van der Waals surface area contributed by atoms with E-state index in [9.17, 15) is 9.18 Å². The summed E-state index contributed by atoms with van der Waals surface area (Å²) in [5.41, 5.74) is 2.47. The lowest BCUT2D eigenvalue weighted by Crippen LogP contribution is -2.43. The van der Waals surface area contributed by atoms with Crippen LogP contribution in [0.3, 0.4) is 0 Å². The first-order valence-electron chi connectivity index (χ1n) is 15.6. The number of hydrogen-bond donors (Lipinski definition) is 1. The van der Waals surface area contributed by atoms with E-state index in [0.717, 1.165) is 43.6 Å². The van der Waals surface area contributed by atoms with Gasteiger partial charge in [-0.3, -0.25) is 9.13 Å². The van der Waals surface area contributed by atoms with E-state index in [2.05, 4.69) is 51.2 Å². The normalized spacial score (nSPS) is 15.5. The Morgan fingerprint density at radius 1 is 0.955 bits per heavy atom. The molecule has 4 rings (SSSR count). The summed E-state index contributed by atoms with van der Waals surface area (Å²) < 4.78 is 35.6. The first kappa shape index (κ1) is 34.7. The van der Waals surface area contributed by atoms with Gasteiger partial charge < -0.3 is 19.5 Å². The van der Waals surface area contributed by atoms with Crippen molar-refractivity contribution in [3.63, 3.8) is 0 Å². The van der Waals surface area contributed by atoms with E-state index in [1.165, 1.54) is 12.1 Å². The molecule has 2 heterocycles. The third-order valence-electron chi connectivity index (χ3n) is 8.35. The second-order valence-corrected chi connectivity index (χ2v) is 26.1. The summed E-state index contributed by atoms with van der Waals surface area (Å²) in [5, 5.41) is 3.89. The third-order valence-corrected chi connectivity index (χ3v) is 12.0. The largest absolute Gasteiger partial charge is 0.493 e. The Kier molecular flexibility index (Phi) is 11.4. The van der Waals surface area contributed by atoms with Crippen LogP contribution in [0.4, 0.5) is 4.39 Å². The van der Waals surface area contributed by atoms with Gasteiger partial charge in [0.2, 0.25) is 0 Å². The summed E-state index contributed by atoms with van der Waals surface area (Å²) in [7, 11) is -2.60. The highest BCUT2D eigenvalue weighted by Crippen LogP contribution is 2.36.